The van der Waals surface area contributed by atoms with Gasteiger partial charge in [-0.1, -0.05) is 6.92 Å². The molecule has 1 aliphatic rings. The first-order valence-corrected chi connectivity index (χ1v) is 10.2. The molecule has 0 aliphatic carbocycles. The smallest absolute Gasteiger partial charge is 0.195 e. The summed E-state index contributed by atoms with van der Waals surface area (Å²) in [5, 5.41) is 6.71. The quantitative estimate of drug-likeness (QED) is 0.392. The van der Waals surface area contributed by atoms with E-state index in [2.05, 4.69) is 27.4 Å². The van der Waals surface area contributed by atoms with Crippen molar-refractivity contribution in [3.05, 3.63) is 18.2 Å². The highest BCUT2D eigenvalue weighted by Crippen LogP contribution is 2.30. The number of benzene rings is 1. The summed E-state index contributed by atoms with van der Waals surface area (Å²) in [5.41, 5.74) is 0.926. The van der Waals surface area contributed by atoms with Gasteiger partial charge in [-0.15, -0.1) is 0 Å². The average molecular weight is 377 g/mol. The molecule has 6 nitrogen and oxygen atoms in total. The molecule has 0 aromatic heterocycles. The highest BCUT2D eigenvalue weighted by Gasteiger charge is 2.15. The van der Waals surface area contributed by atoms with Crippen molar-refractivity contribution in [2.75, 3.05) is 52.3 Å². The first-order chi connectivity index (χ1) is 13.2. The SMILES string of the molecule is CCOc1cc(NC(=NC)NCCCCN2CCCC(C)C2)ccc1OC. The third-order valence-electron chi connectivity index (χ3n) is 4.88. The van der Waals surface area contributed by atoms with Crippen molar-refractivity contribution < 1.29 is 9.47 Å². The lowest BCUT2D eigenvalue weighted by Crippen LogP contribution is -2.35. The molecule has 2 N–H and O–H groups in total. The number of piperidine rings is 1. The fraction of sp³-hybridized carbons (Fsp3) is 0.667. The third kappa shape index (κ3) is 7.29. The van der Waals surface area contributed by atoms with Crippen LogP contribution in [0.3, 0.4) is 0 Å². The van der Waals surface area contributed by atoms with E-state index in [0.29, 0.717) is 6.61 Å². The van der Waals surface area contributed by atoms with Crippen molar-refractivity contribution in [2.45, 2.75) is 39.5 Å². The van der Waals surface area contributed by atoms with Crippen molar-refractivity contribution >= 4 is 11.6 Å². The van der Waals surface area contributed by atoms with E-state index < -0.39 is 0 Å². The molecule has 1 fully saturated rings. The van der Waals surface area contributed by atoms with E-state index >= 15 is 0 Å². The highest BCUT2D eigenvalue weighted by molar-refractivity contribution is 5.93. The van der Waals surface area contributed by atoms with Gasteiger partial charge < -0.3 is 25.0 Å². The van der Waals surface area contributed by atoms with Gasteiger partial charge in [0.25, 0.3) is 0 Å². The molecule has 1 aliphatic heterocycles. The van der Waals surface area contributed by atoms with Crippen molar-refractivity contribution in [2.24, 2.45) is 10.9 Å². The number of hydrogen-bond donors (Lipinski definition) is 2. The maximum Gasteiger partial charge on any atom is 0.195 e. The summed E-state index contributed by atoms with van der Waals surface area (Å²) in [6.07, 6.45) is 5.09. The van der Waals surface area contributed by atoms with E-state index in [9.17, 15) is 0 Å². The number of ether oxygens (including phenoxy) is 2. The van der Waals surface area contributed by atoms with Crippen LogP contribution in [0.15, 0.2) is 23.2 Å². The zero-order valence-electron chi connectivity index (χ0n) is 17.4. The lowest BCUT2D eigenvalue weighted by Gasteiger charge is -2.30. The number of nitrogens with one attached hydrogen (secondary N) is 2. The summed E-state index contributed by atoms with van der Waals surface area (Å²) in [4.78, 5) is 6.92. The lowest BCUT2D eigenvalue weighted by atomic mass is 10.0. The van der Waals surface area contributed by atoms with Crippen LogP contribution in [0.5, 0.6) is 11.5 Å². The van der Waals surface area contributed by atoms with Gasteiger partial charge in [0.2, 0.25) is 0 Å². The second kappa shape index (κ2) is 11.7. The zero-order chi connectivity index (χ0) is 19.5. The van der Waals surface area contributed by atoms with Crippen LogP contribution in [0.1, 0.15) is 39.5 Å². The number of nitrogens with zero attached hydrogens (tertiary/aromatic N) is 2. The number of likely N-dealkylation sites (tertiary alicyclic amines) is 1. The molecule has 0 spiro atoms. The van der Waals surface area contributed by atoms with Gasteiger partial charge in [0.15, 0.2) is 17.5 Å². The van der Waals surface area contributed by atoms with Crippen molar-refractivity contribution in [1.29, 1.82) is 0 Å². The summed E-state index contributed by atoms with van der Waals surface area (Å²) in [5.74, 6) is 3.09. The van der Waals surface area contributed by atoms with Gasteiger partial charge in [-0.05, 0) is 63.7 Å². The normalized spacial score (nSPS) is 18.2. The molecule has 27 heavy (non-hydrogen) atoms. The minimum atomic E-state index is 0.600. The van der Waals surface area contributed by atoms with Gasteiger partial charge in [0, 0.05) is 31.9 Å². The number of guanidine groups is 1. The summed E-state index contributed by atoms with van der Waals surface area (Å²) in [6, 6.07) is 5.80. The summed E-state index contributed by atoms with van der Waals surface area (Å²) < 4.78 is 11.0. The van der Waals surface area contributed by atoms with Crippen LogP contribution in [0.2, 0.25) is 0 Å². The molecule has 1 aromatic carbocycles. The molecular formula is C21H36N4O2. The Balaban J connectivity index is 1.73. The topological polar surface area (TPSA) is 58.1 Å². The largest absolute Gasteiger partial charge is 0.493 e. The molecule has 0 bridgehead atoms. The second-order valence-corrected chi connectivity index (χ2v) is 7.18. The Kier molecular flexibility index (Phi) is 9.25. The molecule has 1 heterocycles. The van der Waals surface area contributed by atoms with Crippen LogP contribution in [-0.2, 0) is 0 Å². The minimum absolute atomic E-state index is 0.600. The Labute approximate surface area is 164 Å². The molecule has 6 heteroatoms. The van der Waals surface area contributed by atoms with Crippen molar-refractivity contribution in [3.63, 3.8) is 0 Å². The van der Waals surface area contributed by atoms with E-state index in [0.717, 1.165) is 42.0 Å². The molecule has 1 unspecified atom stereocenters. The predicted octanol–water partition coefficient (Wildman–Crippen LogP) is 3.59. The molecule has 1 aromatic rings. The van der Waals surface area contributed by atoms with Crippen LogP contribution in [0.25, 0.3) is 0 Å². The Bertz CT molecular complexity index is 592. The molecule has 152 valence electrons. The molecule has 1 atom stereocenters. The Hall–Kier alpha value is -1.95. The predicted molar refractivity (Wildman–Crippen MR) is 113 cm³/mol. The summed E-state index contributed by atoms with van der Waals surface area (Å²) in [7, 11) is 3.44. The van der Waals surface area contributed by atoms with Crippen LogP contribution in [-0.4, -0.2) is 57.8 Å². The maximum atomic E-state index is 5.63. The lowest BCUT2D eigenvalue weighted by molar-refractivity contribution is 0.181. The first-order valence-electron chi connectivity index (χ1n) is 10.2. The molecule has 0 amide bonds. The Morgan fingerprint density at radius 1 is 1.30 bits per heavy atom. The Morgan fingerprint density at radius 2 is 2.15 bits per heavy atom. The molecule has 1 saturated heterocycles. The van der Waals surface area contributed by atoms with E-state index in [1.54, 1.807) is 14.2 Å². The highest BCUT2D eigenvalue weighted by atomic mass is 16.5. The van der Waals surface area contributed by atoms with Gasteiger partial charge in [-0.2, -0.15) is 0 Å². The molecule has 2 rings (SSSR count). The number of anilines is 1. The van der Waals surface area contributed by atoms with Gasteiger partial charge in [-0.25, -0.2) is 0 Å². The minimum Gasteiger partial charge on any atom is -0.493 e. The maximum absolute atomic E-state index is 5.63. The van der Waals surface area contributed by atoms with E-state index in [-0.39, 0.29) is 0 Å². The molecule has 0 radical (unpaired) electrons. The Morgan fingerprint density at radius 3 is 2.85 bits per heavy atom. The fourth-order valence-electron chi connectivity index (χ4n) is 3.50. The summed E-state index contributed by atoms with van der Waals surface area (Å²) >= 11 is 0. The van der Waals surface area contributed by atoms with Crippen LogP contribution >= 0.6 is 0 Å². The van der Waals surface area contributed by atoms with Crippen LogP contribution in [0, 0.1) is 5.92 Å². The van der Waals surface area contributed by atoms with Gasteiger partial charge >= 0.3 is 0 Å². The number of unbranched alkanes of at least 4 members (excludes halogenated alkanes) is 1. The monoisotopic (exact) mass is 376 g/mol. The first kappa shape index (κ1) is 21.4. The van der Waals surface area contributed by atoms with E-state index in [4.69, 9.17) is 9.47 Å². The van der Waals surface area contributed by atoms with E-state index in [1.165, 1.54) is 38.9 Å². The number of hydrogen-bond acceptors (Lipinski definition) is 4. The number of methoxy groups -OCH3 is 1. The average Bonchev–Trinajstić information content (AvgIpc) is 2.67. The molecule has 0 saturated carbocycles. The van der Waals surface area contributed by atoms with Crippen LogP contribution < -0.4 is 20.1 Å². The van der Waals surface area contributed by atoms with Gasteiger partial charge in [0.1, 0.15) is 0 Å². The summed E-state index contributed by atoms with van der Waals surface area (Å²) in [6.45, 7) is 9.56. The molecular weight excluding hydrogens is 340 g/mol. The van der Waals surface area contributed by atoms with Crippen molar-refractivity contribution in [1.82, 2.24) is 10.2 Å². The van der Waals surface area contributed by atoms with E-state index in [1.807, 2.05) is 25.1 Å². The van der Waals surface area contributed by atoms with Crippen molar-refractivity contribution in [3.8, 4) is 11.5 Å². The van der Waals surface area contributed by atoms with Gasteiger partial charge in [-0.3, -0.25) is 4.99 Å². The zero-order valence-corrected chi connectivity index (χ0v) is 17.4. The fourth-order valence-corrected chi connectivity index (χ4v) is 3.50. The number of aliphatic imine (C=N–C) groups is 1. The standard InChI is InChI=1S/C21H36N4O2/c1-5-27-20-15-18(10-11-19(20)26-4)24-21(22-3)23-12-6-7-13-25-14-8-9-17(2)16-25/h10-11,15,17H,5-9,12-14,16H2,1-4H3,(H2,22,23,24). The van der Waals surface area contributed by atoms with Crippen LogP contribution in [0.4, 0.5) is 5.69 Å². The third-order valence-corrected chi connectivity index (χ3v) is 4.88. The number of rotatable bonds is 9. The second-order valence-electron chi connectivity index (χ2n) is 7.18. The van der Waals surface area contributed by atoms with Gasteiger partial charge in [0.05, 0.1) is 13.7 Å².